The molecule has 1 aliphatic carbocycles. The Hall–Kier alpha value is -2.80. The van der Waals surface area contributed by atoms with E-state index in [9.17, 15) is 4.79 Å². The minimum absolute atomic E-state index is 0.0230. The van der Waals surface area contributed by atoms with Crippen molar-refractivity contribution < 1.29 is 4.79 Å². The molecule has 0 fully saturated rings. The van der Waals surface area contributed by atoms with Crippen LogP contribution in [0.3, 0.4) is 0 Å². The van der Waals surface area contributed by atoms with E-state index in [1.165, 1.54) is 11.3 Å². The molecule has 0 atom stereocenters. The molecule has 3 N–H and O–H groups in total. The summed E-state index contributed by atoms with van der Waals surface area (Å²) in [5.41, 5.74) is 10.3. The van der Waals surface area contributed by atoms with Crippen molar-refractivity contribution in [3.8, 4) is 10.6 Å². The van der Waals surface area contributed by atoms with Crippen LogP contribution in [0, 0.1) is 0 Å². The molecule has 2 aromatic heterocycles. The molecule has 0 unspecified atom stereocenters. The minimum atomic E-state index is 0.0230. The standard InChI is InChI=1S/C17H15N5OS/c1-9(23)10-3-2-4-12(7-10)20-17-19-8-11-5-6-13-15(14(11)22-17)24-16(18)21-13/h2-4,7-8H,5-6H2,1H3,(H2,18,21)(H,19,20,22). The Morgan fingerprint density at radius 2 is 2.17 bits per heavy atom. The van der Waals surface area contributed by atoms with E-state index in [2.05, 4.69) is 20.3 Å². The summed E-state index contributed by atoms with van der Waals surface area (Å²) in [7, 11) is 0. The van der Waals surface area contributed by atoms with Crippen molar-refractivity contribution in [2.45, 2.75) is 19.8 Å². The summed E-state index contributed by atoms with van der Waals surface area (Å²) >= 11 is 1.46. The van der Waals surface area contributed by atoms with Gasteiger partial charge in [-0.25, -0.2) is 15.0 Å². The number of nitrogens with zero attached hydrogens (tertiary/aromatic N) is 3. The number of benzene rings is 1. The molecule has 0 radical (unpaired) electrons. The minimum Gasteiger partial charge on any atom is -0.375 e. The lowest BCUT2D eigenvalue weighted by Crippen LogP contribution is -2.07. The van der Waals surface area contributed by atoms with E-state index in [-0.39, 0.29) is 5.78 Å². The molecule has 24 heavy (non-hydrogen) atoms. The SMILES string of the molecule is CC(=O)c1cccc(Nc2ncc3c(n2)-c2sc(N)nc2CC3)c1. The van der Waals surface area contributed by atoms with Gasteiger partial charge in [0.1, 0.15) is 0 Å². The average molecular weight is 337 g/mol. The monoisotopic (exact) mass is 337 g/mol. The number of hydrogen-bond donors (Lipinski definition) is 2. The number of Topliss-reactive ketones (excluding diaryl/α,β-unsaturated/α-hetero) is 1. The maximum Gasteiger partial charge on any atom is 0.227 e. The van der Waals surface area contributed by atoms with Gasteiger partial charge in [0.05, 0.1) is 16.3 Å². The van der Waals surface area contributed by atoms with Gasteiger partial charge in [0.15, 0.2) is 10.9 Å². The summed E-state index contributed by atoms with van der Waals surface area (Å²) in [4.78, 5) is 25.9. The van der Waals surface area contributed by atoms with Crippen LogP contribution in [0.1, 0.15) is 28.5 Å². The molecular formula is C17H15N5OS. The Morgan fingerprint density at radius 1 is 1.29 bits per heavy atom. The molecule has 4 rings (SSSR count). The molecular weight excluding hydrogens is 322 g/mol. The predicted molar refractivity (Wildman–Crippen MR) is 94.7 cm³/mol. The number of carbonyl (C=O) groups is 1. The van der Waals surface area contributed by atoms with Crippen molar-refractivity contribution >= 4 is 33.9 Å². The first-order valence-electron chi connectivity index (χ1n) is 7.59. The summed E-state index contributed by atoms with van der Waals surface area (Å²) in [6.07, 6.45) is 3.58. The zero-order valence-electron chi connectivity index (χ0n) is 13.0. The molecule has 0 aliphatic heterocycles. The van der Waals surface area contributed by atoms with Crippen LogP contribution >= 0.6 is 11.3 Å². The topological polar surface area (TPSA) is 93.8 Å². The number of aromatic nitrogens is 3. The number of anilines is 3. The Balaban J connectivity index is 1.69. The van der Waals surface area contributed by atoms with Crippen LogP contribution in [0.25, 0.3) is 10.6 Å². The van der Waals surface area contributed by atoms with Gasteiger partial charge in [-0.15, -0.1) is 0 Å². The first kappa shape index (κ1) is 14.8. The summed E-state index contributed by atoms with van der Waals surface area (Å²) in [5.74, 6) is 0.518. The highest BCUT2D eigenvalue weighted by Crippen LogP contribution is 2.37. The number of nitrogens with one attached hydrogen (secondary N) is 1. The van der Waals surface area contributed by atoms with E-state index in [4.69, 9.17) is 5.73 Å². The molecule has 1 aliphatic rings. The molecule has 0 spiro atoms. The number of fused-ring (bicyclic) bond motifs is 3. The summed E-state index contributed by atoms with van der Waals surface area (Å²) in [5, 5.41) is 3.73. The van der Waals surface area contributed by atoms with Crippen molar-refractivity contribution in [1.82, 2.24) is 15.0 Å². The van der Waals surface area contributed by atoms with Crippen LogP contribution in [0.4, 0.5) is 16.8 Å². The summed E-state index contributed by atoms with van der Waals surface area (Å²) < 4.78 is 0. The van der Waals surface area contributed by atoms with E-state index in [0.717, 1.165) is 40.4 Å². The Morgan fingerprint density at radius 3 is 3.00 bits per heavy atom. The highest BCUT2D eigenvalue weighted by Gasteiger charge is 2.22. The van der Waals surface area contributed by atoms with Gasteiger partial charge in [-0.3, -0.25) is 4.79 Å². The molecule has 0 saturated carbocycles. The normalized spacial score (nSPS) is 12.4. The van der Waals surface area contributed by atoms with Gasteiger partial charge < -0.3 is 11.1 Å². The van der Waals surface area contributed by atoms with Gasteiger partial charge >= 0.3 is 0 Å². The van der Waals surface area contributed by atoms with E-state index in [1.807, 2.05) is 18.3 Å². The second-order valence-electron chi connectivity index (χ2n) is 5.66. The van der Waals surface area contributed by atoms with Crippen LogP contribution in [-0.2, 0) is 12.8 Å². The smallest absolute Gasteiger partial charge is 0.227 e. The number of rotatable bonds is 3. The largest absolute Gasteiger partial charge is 0.375 e. The van der Waals surface area contributed by atoms with E-state index in [0.29, 0.717) is 16.6 Å². The Labute approximate surface area is 142 Å². The van der Waals surface area contributed by atoms with Crippen molar-refractivity contribution in [1.29, 1.82) is 0 Å². The summed E-state index contributed by atoms with van der Waals surface area (Å²) in [6, 6.07) is 7.29. The van der Waals surface area contributed by atoms with Crippen molar-refractivity contribution in [3.63, 3.8) is 0 Å². The third kappa shape index (κ3) is 2.63. The first-order chi connectivity index (χ1) is 11.6. The Kier molecular flexibility index (Phi) is 3.50. The molecule has 0 amide bonds. The highest BCUT2D eigenvalue weighted by atomic mass is 32.1. The third-order valence-electron chi connectivity index (χ3n) is 3.95. The van der Waals surface area contributed by atoms with Crippen LogP contribution < -0.4 is 11.1 Å². The van der Waals surface area contributed by atoms with Gasteiger partial charge in [-0.05, 0) is 37.5 Å². The molecule has 1 aromatic carbocycles. The van der Waals surface area contributed by atoms with Crippen LogP contribution in [-0.4, -0.2) is 20.7 Å². The number of thiazole rings is 1. The van der Waals surface area contributed by atoms with Gasteiger partial charge in [0.25, 0.3) is 0 Å². The quantitative estimate of drug-likeness (QED) is 0.713. The molecule has 120 valence electrons. The maximum absolute atomic E-state index is 11.5. The second kappa shape index (κ2) is 5.68. The van der Waals surface area contributed by atoms with E-state index >= 15 is 0 Å². The lowest BCUT2D eigenvalue weighted by Gasteiger charge is -2.15. The van der Waals surface area contributed by atoms with Gasteiger partial charge in [-0.1, -0.05) is 23.5 Å². The lowest BCUT2D eigenvalue weighted by atomic mass is 10.00. The fourth-order valence-corrected chi connectivity index (χ4v) is 3.67. The number of hydrogen-bond acceptors (Lipinski definition) is 7. The Bertz CT molecular complexity index is 950. The first-order valence-corrected chi connectivity index (χ1v) is 8.41. The third-order valence-corrected chi connectivity index (χ3v) is 4.88. The average Bonchev–Trinajstić information content (AvgIpc) is 2.96. The number of aryl methyl sites for hydroxylation is 2. The fourth-order valence-electron chi connectivity index (χ4n) is 2.77. The predicted octanol–water partition coefficient (Wildman–Crippen LogP) is 3.23. The van der Waals surface area contributed by atoms with Crippen LogP contribution in [0.15, 0.2) is 30.5 Å². The zero-order valence-corrected chi connectivity index (χ0v) is 13.9. The zero-order chi connectivity index (χ0) is 16.7. The van der Waals surface area contributed by atoms with Crippen LogP contribution in [0.5, 0.6) is 0 Å². The molecule has 3 aromatic rings. The maximum atomic E-state index is 11.5. The molecule has 6 nitrogen and oxygen atoms in total. The number of ketones is 1. The molecule has 0 saturated heterocycles. The summed E-state index contributed by atoms with van der Waals surface area (Å²) in [6.45, 7) is 1.55. The van der Waals surface area contributed by atoms with Gasteiger partial charge in [0, 0.05) is 17.4 Å². The van der Waals surface area contributed by atoms with Crippen LogP contribution in [0.2, 0.25) is 0 Å². The van der Waals surface area contributed by atoms with Gasteiger partial charge in [0.2, 0.25) is 5.95 Å². The van der Waals surface area contributed by atoms with E-state index in [1.54, 1.807) is 19.1 Å². The molecule has 2 heterocycles. The van der Waals surface area contributed by atoms with E-state index < -0.39 is 0 Å². The second-order valence-corrected chi connectivity index (χ2v) is 6.69. The number of nitrogen functional groups attached to an aromatic ring is 1. The lowest BCUT2D eigenvalue weighted by molar-refractivity contribution is 0.101. The fraction of sp³-hybridized carbons (Fsp3) is 0.176. The van der Waals surface area contributed by atoms with Gasteiger partial charge in [-0.2, -0.15) is 0 Å². The molecule has 7 heteroatoms. The molecule has 0 bridgehead atoms. The number of carbonyl (C=O) groups excluding carboxylic acids is 1. The highest BCUT2D eigenvalue weighted by molar-refractivity contribution is 7.18. The van der Waals surface area contributed by atoms with Crippen molar-refractivity contribution in [3.05, 3.63) is 47.3 Å². The van der Waals surface area contributed by atoms with Crippen molar-refractivity contribution in [2.24, 2.45) is 0 Å². The number of nitrogens with two attached hydrogens (primary N) is 1. The van der Waals surface area contributed by atoms with Crippen molar-refractivity contribution in [2.75, 3.05) is 11.1 Å².